The summed E-state index contributed by atoms with van der Waals surface area (Å²) in [5, 5.41) is 13.9. The number of hydrogen-bond donors (Lipinski definition) is 3. The molecule has 320 valence electrons. The molecule has 0 aromatic heterocycles. The summed E-state index contributed by atoms with van der Waals surface area (Å²) in [7, 11) is -5.87. The van der Waals surface area contributed by atoms with Crippen molar-refractivity contribution in [2.24, 2.45) is 0 Å². The smallest absolute Gasteiger partial charge is 0.336 e. The summed E-state index contributed by atoms with van der Waals surface area (Å²) in [5.74, 6) is -0.731. The molecule has 16 heteroatoms. The summed E-state index contributed by atoms with van der Waals surface area (Å²) in [6.45, 7) is 17.8. The SMILES string of the molecule is C#CCNC(=O)c1ccc(C2=c3cc4c(cc3Oc3cc5c(cc32)C(CS(=O)(=O)[O-])=CC(C)(C)N5C)=[N+](C)C(C)(C)C=C4CS(=O)(=O)[O-])c(C(=O)O)c1.CC[NH+](CC)CC. The van der Waals surface area contributed by atoms with Crippen molar-refractivity contribution >= 4 is 54.5 Å². The Kier molecular flexibility index (Phi) is 13.0. The minimum atomic E-state index is -4.74. The third-order valence-corrected chi connectivity index (χ3v) is 12.8. The number of nitrogens with one attached hydrogen (secondary N) is 2. The molecular formula is C44H52N4O10S2. The van der Waals surface area contributed by atoms with Gasteiger partial charge in [-0.1, -0.05) is 18.1 Å². The van der Waals surface area contributed by atoms with Crippen molar-refractivity contribution in [3.05, 3.63) is 98.6 Å². The van der Waals surface area contributed by atoms with Crippen LogP contribution in [0.4, 0.5) is 5.69 Å². The number of rotatable bonds is 11. The third-order valence-electron chi connectivity index (χ3n) is 11.4. The van der Waals surface area contributed by atoms with Gasteiger partial charge in [-0.05, 0) is 81.7 Å². The maximum absolute atomic E-state index is 12.9. The van der Waals surface area contributed by atoms with Crippen LogP contribution in [0.5, 0.6) is 11.5 Å². The molecule has 3 N–H and O–H groups in total. The number of fused-ring (bicyclic) bond motifs is 4. The Morgan fingerprint density at radius 2 is 1.47 bits per heavy atom. The van der Waals surface area contributed by atoms with Crippen molar-refractivity contribution in [3.63, 3.8) is 0 Å². The molecule has 0 bridgehead atoms. The summed E-state index contributed by atoms with van der Waals surface area (Å²) >= 11 is 0. The highest BCUT2D eigenvalue weighted by Gasteiger charge is 2.37. The number of carbonyl (C=O) groups excluding carboxylic acids is 1. The molecule has 3 aliphatic rings. The molecule has 0 saturated heterocycles. The number of quaternary nitrogens is 1. The molecule has 0 saturated carbocycles. The van der Waals surface area contributed by atoms with Crippen LogP contribution in [0.2, 0.25) is 0 Å². The number of amides is 1. The van der Waals surface area contributed by atoms with E-state index in [1.54, 1.807) is 41.3 Å². The van der Waals surface area contributed by atoms with E-state index < -0.39 is 54.7 Å². The topological polar surface area (TPSA) is 201 Å². The summed E-state index contributed by atoms with van der Waals surface area (Å²) < 4.78 is 81.2. The average Bonchev–Trinajstić information content (AvgIpc) is 3.15. The molecule has 6 rings (SSSR count). The van der Waals surface area contributed by atoms with Crippen LogP contribution in [0.3, 0.4) is 0 Å². The third kappa shape index (κ3) is 9.51. The first-order chi connectivity index (χ1) is 27.9. The Morgan fingerprint density at radius 3 is 2.00 bits per heavy atom. The normalized spacial score (nSPS) is 16.1. The number of terminal acetylenes is 1. The van der Waals surface area contributed by atoms with Crippen LogP contribution < -0.4 is 35.0 Å². The molecule has 0 radical (unpaired) electrons. The van der Waals surface area contributed by atoms with Crippen LogP contribution in [0.1, 0.15) is 91.4 Å². The van der Waals surface area contributed by atoms with Gasteiger partial charge < -0.3 is 34.1 Å². The van der Waals surface area contributed by atoms with Crippen molar-refractivity contribution in [2.45, 2.75) is 59.5 Å². The number of ether oxygens (including phenoxy) is 1. The molecule has 0 unspecified atom stereocenters. The fourth-order valence-electron chi connectivity index (χ4n) is 7.83. The van der Waals surface area contributed by atoms with Gasteiger partial charge in [0.2, 0.25) is 5.36 Å². The second-order valence-electron chi connectivity index (χ2n) is 16.1. The van der Waals surface area contributed by atoms with Gasteiger partial charge in [0, 0.05) is 60.1 Å². The van der Waals surface area contributed by atoms with E-state index in [-0.39, 0.29) is 45.9 Å². The lowest BCUT2D eigenvalue weighted by atomic mass is 9.83. The minimum absolute atomic E-state index is 0.0230. The van der Waals surface area contributed by atoms with Gasteiger partial charge >= 0.3 is 5.97 Å². The zero-order valence-electron chi connectivity index (χ0n) is 35.3. The van der Waals surface area contributed by atoms with Crippen molar-refractivity contribution in [1.29, 1.82) is 0 Å². The molecular weight excluding hydrogens is 809 g/mol. The molecule has 60 heavy (non-hydrogen) atoms. The number of aromatic carboxylic acids is 1. The number of anilines is 1. The summed E-state index contributed by atoms with van der Waals surface area (Å²) in [6, 6.07) is 10.8. The molecule has 3 aromatic carbocycles. The van der Waals surface area contributed by atoms with Crippen LogP contribution in [0.25, 0.3) is 16.7 Å². The zero-order valence-corrected chi connectivity index (χ0v) is 37.0. The van der Waals surface area contributed by atoms with Crippen molar-refractivity contribution in [3.8, 4) is 23.8 Å². The van der Waals surface area contributed by atoms with Gasteiger partial charge in [-0.25, -0.2) is 26.2 Å². The number of carbonyl (C=O) groups is 2. The monoisotopic (exact) mass is 860 g/mol. The Balaban J connectivity index is 0.000000896. The van der Waals surface area contributed by atoms with E-state index >= 15 is 0 Å². The standard InChI is InChI=1S/C38H37N3O10S2.C6H15N/c1-8-11-39-35(42)21-9-10-24(27(12-21)36(43)44)34-28-13-25-22(19-52(45,46)47)17-37(2,3)40(6)30(25)15-32(28)51-33-16-31-26(14-29(33)34)23(20-53(48,49)50)18-38(4,5)41(31)7;1-4-7(5-2)6-3/h1,9-10,12-18H,11,19-20H2,2-7H3,(H3-,39,42,43,44,45,46,47,48,49,50);4-6H2,1-3H3. The number of carboxylic acid groups (broad SMARTS) is 1. The van der Waals surface area contributed by atoms with Gasteiger partial charge in [-0.15, -0.1) is 6.42 Å². The summed E-state index contributed by atoms with van der Waals surface area (Å²) in [4.78, 5) is 29.4. The summed E-state index contributed by atoms with van der Waals surface area (Å²) in [6.07, 6.45) is 8.67. The first-order valence-corrected chi connectivity index (χ1v) is 22.6. The Hall–Kier alpha value is -5.31. The fraction of sp³-hybridized carbons (Fsp3) is 0.386. The Labute approximate surface area is 352 Å². The number of nitrogens with zero attached hydrogens (tertiary/aromatic N) is 2. The van der Waals surface area contributed by atoms with Crippen LogP contribution in [0.15, 0.2) is 54.6 Å². The lowest BCUT2D eigenvalue weighted by Crippen LogP contribution is -3.11. The number of hydrogen-bond acceptors (Lipinski definition) is 10. The largest absolute Gasteiger partial charge is 0.748 e. The first kappa shape index (κ1) is 45.8. The highest BCUT2D eigenvalue weighted by molar-refractivity contribution is 7.86. The first-order valence-electron chi connectivity index (χ1n) is 19.5. The minimum Gasteiger partial charge on any atom is -0.748 e. The average molecular weight is 861 g/mol. The zero-order chi connectivity index (χ0) is 44.7. The van der Waals surface area contributed by atoms with E-state index in [2.05, 4.69) is 32.0 Å². The highest BCUT2D eigenvalue weighted by Crippen LogP contribution is 2.46. The lowest BCUT2D eigenvalue weighted by molar-refractivity contribution is -0.894. The van der Waals surface area contributed by atoms with Gasteiger partial charge in [0.15, 0.2) is 5.54 Å². The van der Waals surface area contributed by atoms with Crippen molar-refractivity contribution in [1.82, 2.24) is 9.89 Å². The molecule has 0 atom stereocenters. The van der Waals surface area contributed by atoms with E-state index in [1.165, 1.54) is 37.8 Å². The quantitative estimate of drug-likeness (QED) is 0.113. The molecule has 14 nitrogen and oxygen atoms in total. The van der Waals surface area contributed by atoms with E-state index in [4.69, 9.17) is 11.2 Å². The van der Waals surface area contributed by atoms with E-state index in [0.717, 1.165) is 0 Å². The Bertz CT molecular complexity index is 2740. The summed E-state index contributed by atoms with van der Waals surface area (Å²) in [5.41, 5.74) is 0.928. The molecule has 3 heterocycles. The number of benzene rings is 3. The lowest BCUT2D eigenvalue weighted by Gasteiger charge is -2.42. The highest BCUT2D eigenvalue weighted by atomic mass is 32.2. The van der Waals surface area contributed by atoms with E-state index in [9.17, 15) is 40.6 Å². The predicted octanol–water partition coefficient (Wildman–Crippen LogP) is 2.03. The second-order valence-corrected chi connectivity index (χ2v) is 18.9. The molecule has 3 aliphatic heterocycles. The maximum Gasteiger partial charge on any atom is 0.336 e. The second kappa shape index (κ2) is 17.0. The van der Waals surface area contributed by atoms with Crippen molar-refractivity contribution < 1.29 is 50.3 Å². The number of carboxylic acids is 1. The Morgan fingerprint density at radius 1 is 0.867 bits per heavy atom. The van der Waals surface area contributed by atoms with Gasteiger partial charge in [-0.3, -0.25) is 4.79 Å². The molecule has 3 aromatic rings. The van der Waals surface area contributed by atoms with Crippen LogP contribution in [-0.4, -0.2) is 106 Å². The molecule has 0 spiro atoms. The van der Waals surface area contributed by atoms with Crippen LogP contribution in [-0.2, 0) is 20.2 Å². The van der Waals surface area contributed by atoms with Gasteiger partial charge in [0.1, 0.15) is 18.5 Å². The van der Waals surface area contributed by atoms with Gasteiger partial charge in [0.05, 0.1) is 80.7 Å². The van der Waals surface area contributed by atoms with Crippen LogP contribution in [0, 0.1) is 12.3 Å². The predicted molar refractivity (Wildman–Crippen MR) is 230 cm³/mol. The number of likely N-dealkylation sites (N-methyl/N-ethyl adjacent to an activating group) is 2. The van der Waals surface area contributed by atoms with E-state index in [0.29, 0.717) is 38.5 Å². The van der Waals surface area contributed by atoms with Gasteiger partial charge in [0.25, 0.3) is 5.91 Å². The van der Waals surface area contributed by atoms with E-state index in [1.807, 2.05) is 51.3 Å². The molecule has 0 aliphatic carbocycles. The van der Waals surface area contributed by atoms with Crippen LogP contribution >= 0.6 is 0 Å². The van der Waals surface area contributed by atoms with Crippen molar-refractivity contribution in [2.75, 3.05) is 56.7 Å². The fourth-order valence-corrected chi connectivity index (χ4v) is 9.07. The maximum atomic E-state index is 12.9. The molecule has 0 fully saturated rings. The molecule has 1 amide bonds. The van der Waals surface area contributed by atoms with Gasteiger partial charge in [-0.2, -0.15) is 0 Å².